The number of carbonyl (C=O) groups excluding carboxylic acids is 1. The van der Waals surface area contributed by atoms with Gasteiger partial charge in [0, 0.05) is 14.3 Å². The zero-order valence-corrected chi connectivity index (χ0v) is 19.0. The zero-order valence-electron chi connectivity index (χ0n) is 17.4. The van der Waals surface area contributed by atoms with Crippen LogP contribution in [0.4, 0.5) is 0 Å². The number of ether oxygens (including phenoxy) is 1. The number of hydrogen-bond acceptors (Lipinski definition) is 4. The summed E-state index contributed by atoms with van der Waals surface area (Å²) >= 11 is 3.43. The van der Waals surface area contributed by atoms with Gasteiger partial charge in [-0.25, -0.2) is 4.79 Å². The first-order valence-electron chi connectivity index (χ1n) is 11.4. The van der Waals surface area contributed by atoms with Crippen molar-refractivity contribution in [2.75, 3.05) is 0 Å². The minimum atomic E-state index is -0.0997. The molecule has 4 heteroatoms. The number of thiophene rings is 2. The van der Waals surface area contributed by atoms with Crippen LogP contribution in [0.2, 0.25) is 0 Å². The molecule has 0 amide bonds. The monoisotopic (exact) mass is 418 g/mol. The Morgan fingerprint density at radius 3 is 2.18 bits per heavy atom. The van der Waals surface area contributed by atoms with E-state index < -0.39 is 0 Å². The van der Waals surface area contributed by atoms with Crippen LogP contribution in [0.5, 0.6) is 0 Å². The Balaban J connectivity index is 1.26. The molecule has 0 N–H and O–H groups in total. The average molecular weight is 419 g/mol. The fraction of sp³-hybridized carbons (Fsp3) is 0.708. The van der Waals surface area contributed by atoms with Crippen molar-refractivity contribution in [1.29, 1.82) is 0 Å². The summed E-state index contributed by atoms with van der Waals surface area (Å²) in [6.07, 6.45) is 14.1. The molecule has 2 aliphatic rings. The van der Waals surface area contributed by atoms with Crippen molar-refractivity contribution < 1.29 is 9.53 Å². The van der Waals surface area contributed by atoms with Crippen molar-refractivity contribution in [3.8, 4) is 0 Å². The molecule has 2 aliphatic carbocycles. The van der Waals surface area contributed by atoms with E-state index in [0.717, 1.165) is 41.9 Å². The standard InChI is InChI=1S/C24H34O2S2/c1-3-5-20-14-21-22(27-20)15-23(28-21)24(25)26-19-12-10-18(11-13-19)17-8-6-16(4-2)7-9-17/h14-19H,3-13H2,1-2H3. The van der Waals surface area contributed by atoms with Crippen molar-refractivity contribution in [2.24, 2.45) is 17.8 Å². The molecule has 0 bridgehead atoms. The van der Waals surface area contributed by atoms with Gasteiger partial charge in [0.25, 0.3) is 0 Å². The highest BCUT2D eigenvalue weighted by atomic mass is 32.1. The molecule has 0 aliphatic heterocycles. The van der Waals surface area contributed by atoms with Crippen LogP contribution >= 0.6 is 22.7 Å². The molecule has 2 aromatic heterocycles. The highest BCUT2D eigenvalue weighted by Crippen LogP contribution is 2.41. The topological polar surface area (TPSA) is 26.3 Å². The maximum atomic E-state index is 12.6. The molecule has 2 fully saturated rings. The molecule has 0 spiro atoms. The van der Waals surface area contributed by atoms with E-state index in [4.69, 9.17) is 4.74 Å². The summed E-state index contributed by atoms with van der Waals surface area (Å²) in [5.74, 6) is 2.68. The summed E-state index contributed by atoms with van der Waals surface area (Å²) in [5, 5.41) is 0. The zero-order chi connectivity index (χ0) is 19.5. The highest BCUT2D eigenvalue weighted by Gasteiger charge is 2.32. The number of rotatable bonds is 6. The van der Waals surface area contributed by atoms with Crippen LogP contribution < -0.4 is 0 Å². The maximum Gasteiger partial charge on any atom is 0.348 e. The second-order valence-electron chi connectivity index (χ2n) is 8.93. The Morgan fingerprint density at radius 1 is 0.929 bits per heavy atom. The lowest BCUT2D eigenvalue weighted by Gasteiger charge is -2.37. The van der Waals surface area contributed by atoms with Crippen molar-refractivity contribution in [3.05, 3.63) is 21.9 Å². The SMILES string of the molecule is CCCc1cc2sc(C(=O)OC3CCC(C4CCC(CC)CC4)CC3)cc2s1. The first-order valence-corrected chi connectivity index (χ1v) is 13.0. The lowest BCUT2D eigenvalue weighted by molar-refractivity contribution is 0.0115. The van der Waals surface area contributed by atoms with Gasteiger partial charge in [-0.1, -0.05) is 39.5 Å². The van der Waals surface area contributed by atoms with Crippen LogP contribution in [0.25, 0.3) is 9.40 Å². The fourth-order valence-electron chi connectivity index (χ4n) is 5.31. The Bertz CT molecular complexity index is 742. The molecule has 2 nitrogen and oxygen atoms in total. The van der Waals surface area contributed by atoms with Gasteiger partial charge < -0.3 is 4.74 Å². The van der Waals surface area contributed by atoms with Crippen LogP contribution in [0.15, 0.2) is 12.1 Å². The normalized spacial score (nSPS) is 28.5. The molecule has 2 aromatic rings. The summed E-state index contributed by atoms with van der Waals surface area (Å²) in [6.45, 7) is 4.55. The smallest absolute Gasteiger partial charge is 0.348 e. The van der Waals surface area contributed by atoms with Crippen molar-refractivity contribution in [2.45, 2.75) is 90.6 Å². The largest absolute Gasteiger partial charge is 0.458 e. The van der Waals surface area contributed by atoms with E-state index in [2.05, 4.69) is 19.9 Å². The van der Waals surface area contributed by atoms with E-state index >= 15 is 0 Å². The van der Waals surface area contributed by atoms with Gasteiger partial charge in [-0.15, -0.1) is 22.7 Å². The molecule has 0 atom stereocenters. The lowest BCUT2D eigenvalue weighted by atomic mass is 9.70. The van der Waals surface area contributed by atoms with E-state index in [1.807, 2.05) is 17.4 Å². The Labute approximate surface area is 177 Å². The number of aryl methyl sites for hydroxylation is 1. The van der Waals surface area contributed by atoms with Crippen LogP contribution in [-0.2, 0) is 11.2 Å². The highest BCUT2D eigenvalue weighted by molar-refractivity contribution is 7.28. The number of esters is 1. The molecule has 154 valence electrons. The van der Waals surface area contributed by atoms with E-state index in [0.29, 0.717) is 0 Å². The molecule has 0 saturated heterocycles. The van der Waals surface area contributed by atoms with Crippen molar-refractivity contribution >= 4 is 38.0 Å². The fourth-order valence-corrected chi connectivity index (χ4v) is 7.72. The molecular weight excluding hydrogens is 384 g/mol. The molecule has 0 aromatic carbocycles. The van der Waals surface area contributed by atoms with Gasteiger partial charge in [0.1, 0.15) is 11.0 Å². The number of fused-ring (bicyclic) bond motifs is 1. The molecule has 0 radical (unpaired) electrons. The average Bonchev–Trinajstić information content (AvgIpc) is 3.28. The van der Waals surface area contributed by atoms with Gasteiger partial charge in [-0.2, -0.15) is 0 Å². The van der Waals surface area contributed by atoms with Crippen molar-refractivity contribution in [1.82, 2.24) is 0 Å². The summed E-state index contributed by atoms with van der Waals surface area (Å²) in [6, 6.07) is 4.30. The summed E-state index contributed by atoms with van der Waals surface area (Å²) in [5.41, 5.74) is 0. The second kappa shape index (κ2) is 9.30. The minimum Gasteiger partial charge on any atom is -0.458 e. The van der Waals surface area contributed by atoms with Crippen LogP contribution in [0.3, 0.4) is 0 Å². The van der Waals surface area contributed by atoms with Crippen LogP contribution in [0.1, 0.15) is 92.6 Å². The van der Waals surface area contributed by atoms with Gasteiger partial charge in [0.2, 0.25) is 0 Å². The van der Waals surface area contributed by atoms with Gasteiger partial charge >= 0.3 is 5.97 Å². The Morgan fingerprint density at radius 2 is 1.57 bits per heavy atom. The van der Waals surface area contributed by atoms with Gasteiger partial charge in [-0.3, -0.25) is 0 Å². The van der Waals surface area contributed by atoms with Gasteiger partial charge in [0.05, 0.1) is 0 Å². The van der Waals surface area contributed by atoms with E-state index in [-0.39, 0.29) is 12.1 Å². The Kier molecular flexibility index (Phi) is 6.78. The van der Waals surface area contributed by atoms with E-state index in [1.54, 1.807) is 11.3 Å². The van der Waals surface area contributed by atoms with Crippen molar-refractivity contribution in [3.63, 3.8) is 0 Å². The third-order valence-electron chi connectivity index (χ3n) is 7.08. The second-order valence-corrected chi connectivity index (χ2v) is 11.2. The van der Waals surface area contributed by atoms with E-state index in [9.17, 15) is 4.79 Å². The van der Waals surface area contributed by atoms with Crippen LogP contribution in [-0.4, -0.2) is 12.1 Å². The van der Waals surface area contributed by atoms with E-state index in [1.165, 1.54) is 65.6 Å². The van der Waals surface area contributed by atoms with Gasteiger partial charge in [0.15, 0.2) is 0 Å². The molecular formula is C24H34O2S2. The first-order chi connectivity index (χ1) is 13.7. The predicted octanol–water partition coefficient (Wildman–Crippen LogP) is 7.85. The molecule has 4 rings (SSSR count). The maximum absolute atomic E-state index is 12.6. The number of hydrogen-bond donors (Lipinski definition) is 0. The summed E-state index contributed by atoms with van der Waals surface area (Å²) < 4.78 is 8.39. The molecule has 28 heavy (non-hydrogen) atoms. The molecule has 0 unspecified atom stereocenters. The number of carbonyl (C=O) groups is 1. The third-order valence-corrected chi connectivity index (χ3v) is 9.42. The lowest BCUT2D eigenvalue weighted by Crippen LogP contribution is -2.29. The van der Waals surface area contributed by atoms with Crippen LogP contribution in [0, 0.1) is 17.8 Å². The van der Waals surface area contributed by atoms with Gasteiger partial charge in [-0.05, 0) is 74.8 Å². The molecule has 2 heterocycles. The summed E-state index contributed by atoms with van der Waals surface area (Å²) in [7, 11) is 0. The quantitative estimate of drug-likeness (QED) is 0.446. The Hall–Kier alpha value is -0.870. The first kappa shape index (κ1) is 20.4. The summed E-state index contributed by atoms with van der Waals surface area (Å²) in [4.78, 5) is 14.8. The predicted molar refractivity (Wildman–Crippen MR) is 121 cm³/mol. The minimum absolute atomic E-state index is 0.0997. The molecule has 2 saturated carbocycles. The third kappa shape index (κ3) is 4.64.